The van der Waals surface area contributed by atoms with Crippen molar-refractivity contribution < 1.29 is 9.53 Å². The van der Waals surface area contributed by atoms with Gasteiger partial charge >= 0.3 is 5.97 Å². The smallest absolute Gasteiger partial charge is 0.333 e. The number of carbonyl (C=O) groups is 1. The molecule has 2 heteroatoms. The minimum Gasteiger partial charge on any atom is -0.454 e. The van der Waals surface area contributed by atoms with E-state index in [2.05, 4.69) is 61.2 Å². The minimum atomic E-state index is -0.336. The normalized spacial score (nSPS) is 12.7. The number of ether oxygens (including phenoxy) is 1. The van der Waals surface area contributed by atoms with Gasteiger partial charge < -0.3 is 4.74 Å². The highest BCUT2D eigenvalue weighted by molar-refractivity contribution is 6.23. The van der Waals surface area contributed by atoms with Crippen LogP contribution >= 0.6 is 0 Å². The van der Waals surface area contributed by atoms with Crippen molar-refractivity contribution in [1.82, 2.24) is 0 Å². The molecule has 124 valence electrons. The standard InChI is InChI=1S/C23H20O2/c1-4-20(25-23(24)14(2)3)18-12-10-17-9-8-15-6-5-7-16-11-13-19(18)22(17)21(15)16/h5-13,20H,2,4H2,1,3H3. The average molecular weight is 328 g/mol. The second kappa shape index (κ2) is 5.89. The highest BCUT2D eigenvalue weighted by Gasteiger charge is 2.19. The first-order valence-electron chi connectivity index (χ1n) is 8.63. The molecule has 0 saturated carbocycles. The van der Waals surface area contributed by atoms with Crippen LogP contribution in [-0.4, -0.2) is 5.97 Å². The van der Waals surface area contributed by atoms with E-state index in [9.17, 15) is 4.79 Å². The largest absolute Gasteiger partial charge is 0.454 e. The van der Waals surface area contributed by atoms with E-state index in [1.165, 1.54) is 26.9 Å². The van der Waals surface area contributed by atoms with Gasteiger partial charge in [-0.3, -0.25) is 0 Å². The molecule has 0 aromatic heterocycles. The zero-order valence-electron chi connectivity index (χ0n) is 14.5. The molecule has 0 amide bonds. The predicted molar refractivity (Wildman–Crippen MR) is 104 cm³/mol. The van der Waals surface area contributed by atoms with Gasteiger partial charge in [-0.1, -0.05) is 68.1 Å². The monoisotopic (exact) mass is 328 g/mol. The lowest BCUT2D eigenvalue weighted by atomic mass is 9.90. The van der Waals surface area contributed by atoms with Crippen LogP contribution < -0.4 is 0 Å². The molecule has 1 atom stereocenters. The summed E-state index contributed by atoms with van der Waals surface area (Å²) in [6.45, 7) is 7.41. The zero-order valence-corrected chi connectivity index (χ0v) is 14.5. The van der Waals surface area contributed by atoms with E-state index in [-0.39, 0.29) is 12.1 Å². The summed E-state index contributed by atoms with van der Waals surface area (Å²) in [5, 5.41) is 7.37. The third-order valence-corrected chi connectivity index (χ3v) is 4.88. The van der Waals surface area contributed by atoms with Crippen LogP contribution in [0, 0.1) is 0 Å². The van der Waals surface area contributed by atoms with Crippen molar-refractivity contribution in [2.24, 2.45) is 0 Å². The van der Waals surface area contributed by atoms with Crippen LogP contribution in [0.15, 0.2) is 66.7 Å². The third-order valence-electron chi connectivity index (χ3n) is 4.88. The van der Waals surface area contributed by atoms with Crippen LogP contribution in [0.25, 0.3) is 32.3 Å². The molecular formula is C23H20O2. The Morgan fingerprint density at radius 1 is 0.960 bits per heavy atom. The first kappa shape index (κ1) is 15.6. The van der Waals surface area contributed by atoms with E-state index < -0.39 is 0 Å². The number of hydrogen-bond donors (Lipinski definition) is 0. The summed E-state index contributed by atoms with van der Waals surface area (Å²) >= 11 is 0. The molecule has 4 aromatic carbocycles. The summed E-state index contributed by atoms with van der Waals surface area (Å²) < 4.78 is 5.70. The topological polar surface area (TPSA) is 26.3 Å². The van der Waals surface area contributed by atoms with Crippen molar-refractivity contribution in [3.8, 4) is 0 Å². The molecule has 0 spiro atoms. The SMILES string of the molecule is C=C(C)C(=O)OC(CC)c1ccc2ccc3cccc4ccc1c2c34. The van der Waals surface area contributed by atoms with Gasteiger partial charge in [-0.25, -0.2) is 4.79 Å². The minimum absolute atomic E-state index is 0.270. The van der Waals surface area contributed by atoms with E-state index in [0.29, 0.717) is 5.57 Å². The Morgan fingerprint density at radius 3 is 2.20 bits per heavy atom. The molecule has 0 saturated heterocycles. The summed E-state index contributed by atoms with van der Waals surface area (Å²) in [4.78, 5) is 12.0. The van der Waals surface area contributed by atoms with Crippen molar-refractivity contribution in [3.63, 3.8) is 0 Å². The van der Waals surface area contributed by atoms with Crippen molar-refractivity contribution >= 4 is 38.3 Å². The zero-order chi connectivity index (χ0) is 17.6. The summed E-state index contributed by atoms with van der Waals surface area (Å²) in [7, 11) is 0. The summed E-state index contributed by atoms with van der Waals surface area (Å²) in [5.74, 6) is -0.336. The molecule has 0 heterocycles. The van der Waals surface area contributed by atoms with Gasteiger partial charge in [-0.2, -0.15) is 0 Å². The van der Waals surface area contributed by atoms with Crippen LogP contribution in [0.1, 0.15) is 31.9 Å². The quantitative estimate of drug-likeness (QED) is 0.255. The van der Waals surface area contributed by atoms with Crippen molar-refractivity contribution in [2.45, 2.75) is 26.4 Å². The van der Waals surface area contributed by atoms with Gasteiger partial charge in [0.05, 0.1) is 0 Å². The number of benzene rings is 4. The number of esters is 1. The summed E-state index contributed by atoms with van der Waals surface area (Å²) in [6.07, 6.45) is 0.456. The lowest BCUT2D eigenvalue weighted by Gasteiger charge is -2.20. The molecule has 0 aliphatic rings. The number of carbonyl (C=O) groups excluding carboxylic acids is 1. The Kier molecular flexibility index (Phi) is 3.69. The molecule has 4 rings (SSSR count). The van der Waals surface area contributed by atoms with Crippen molar-refractivity contribution in [1.29, 1.82) is 0 Å². The Morgan fingerprint density at radius 2 is 1.56 bits per heavy atom. The molecular weight excluding hydrogens is 308 g/mol. The molecule has 2 nitrogen and oxygen atoms in total. The van der Waals surface area contributed by atoms with E-state index in [1.807, 2.05) is 6.92 Å². The molecule has 0 aliphatic heterocycles. The van der Waals surface area contributed by atoms with E-state index >= 15 is 0 Å². The number of rotatable bonds is 4. The van der Waals surface area contributed by atoms with E-state index in [0.717, 1.165) is 17.4 Å². The van der Waals surface area contributed by atoms with E-state index in [1.54, 1.807) is 6.92 Å². The van der Waals surface area contributed by atoms with Gasteiger partial charge in [0.15, 0.2) is 0 Å². The van der Waals surface area contributed by atoms with Crippen LogP contribution in [0.3, 0.4) is 0 Å². The van der Waals surface area contributed by atoms with Crippen molar-refractivity contribution in [3.05, 3.63) is 72.3 Å². The van der Waals surface area contributed by atoms with E-state index in [4.69, 9.17) is 4.74 Å². The van der Waals surface area contributed by atoms with Gasteiger partial charge in [-0.15, -0.1) is 0 Å². The molecule has 0 aliphatic carbocycles. The van der Waals surface area contributed by atoms with Crippen molar-refractivity contribution in [2.75, 3.05) is 0 Å². The second-order valence-electron chi connectivity index (χ2n) is 6.59. The highest BCUT2D eigenvalue weighted by Crippen LogP contribution is 2.38. The Hall–Kier alpha value is -2.87. The van der Waals surface area contributed by atoms with Crippen LogP contribution in [-0.2, 0) is 9.53 Å². The Bertz CT molecular complexity index is 1090. The number of hydrogen-bond acceptors (Lipinski definition) is 2. The molecule has 0 N–H and O–H groups in total. The average Bonchev–Trinajstić information content (AvgIpc) is 2.64. The lowest BCUT2D eigenvalue weighted by molar-refractivity contribution is -0.144. The first-order valence-corrected chi connectivity index (χ1v) is 8.63. The lowest BCUT2D eigenvalue weighted by Crippen LogP contribution is -2.11. The Balaban J connectivity index is 1.98. The maximum absolute atomic E-state index is 12.0. The molecule has 25 heavy (non-hydrogen) atoms. The van der Waals surface area contributed by atoms with Gasteiger partial charge in [0, 0.05) is 11.1 Å². The Labute approximate surface area is 147 Å². The van der Waals surface area contributed by atoms with Gasteiger partial charge in [0.25, 0.3) is 0 Å². The fraction of sp³-hybridized carbons (Fsp3) is 0.174. The second-order valence-corrected chi connectivity index (χ2v) is 6.59. The highest BCUT2D eigenvalue weighted by atomic mass is 16.5. The maximum atomic E-state index is 12.0. The molecule has 0 bridgehead atoms. The summed E-state index contributed by atoms with van der Waals surface area (Å²) in [6, 6.07) is 19.2. The fourth-order valence-electron chi connectivity index (χ4n) is 3.64. The third kappa shape index (κ3) is 2.45. The van der Waals surface area contributed by atoms with Crippen LogP contribution in [0.2, 0.25) is 0 Å². The van der Waals surface area contributed by atoms with Gasteiger partial charge in [0.1, 0.15) is 6.10 Å². The maximum Gasteiger partial charge on any atom is 0.333 e. The first-order chi connectivity index (χ1) is 12.1. The molecule has 1 unspecified atom stereocenters. The van der Waals surface area contributed by atoms with Crippen LogP contribution in [0.4, 0.5) is 0 Å². The van der Waals surface area contributed by atoms with Gasteiger partial charge in [0.2, 0.25) is 0 Å². The predicted octanol–water partition coefficient (Wildman–Crippen LogP) is 6.15. The summed E-state index contributed by atoms with van der Waals surface area (Å²) in [5.41, 5.74) is 1.49. The fourth-order valence-corrected chi connectivity index (χ4v) is 3.64. The molecule has 0 radical (unpaired) electrons. The van der Waals surface area contributed by atoms with Gasteiger partial charge in [-0.05, 0) is 45.7 Å². The molecule has 0 fully saturated rings. The van der Waals surface area contributed by atoms with Crippen LogP contribution in [0.5, 0.6) is 0 Å². The molecule has 4 aromatic rings.